The predicted octanol–water partition coefficient (Wildman–Crippen LogP) is 4.38. The van der Waals surface area contributed by atoms with Crippen LogP contribution < -0.4 is 25.0 Å². The molecule has 34 heavy (non-hydrogen) atoms. The van der Waals surface area contributed by atoms with Crippen LogP contribution in [0, 0.1) is 0 Å². The SMILES string of the molecule is COc1nc(N2CCCCC2)ccc1Nc1ncc(Cl)c(Nc2ccccc2NS(C)(=O)=O)n1. The van der Waals surface area contributed by atoms with Crippen LogP contribution in [0.4, 0.5) is 34.6 Å². The van der Waals surface area contributed by atoms with E-state index in [0.717, 1.165) is 38.0 Å². The molecule has 10 nitrogen and oxygen atoms in total. The third-order valence-electron chi connectivity index (χ3n) is 5.19. The Hall–Kier alpha value is -3.31. The normalized spacial score (nSPS) is 13.9. The molecule has 1 saturated heterocycles. The van der Waals surface area contributed by atoms with Crippen LogP contribution in [0.1, 0.15) is 19.3 Å². The maximum Gasteiger partial charge on any atom is 0.239 e. The summed E-state index contributed by atoms with van der Waals surface area (Å²) in [6.07, 6.45) is 6.09. The average molecular weight is 504 g/mol. The number of hydrogen-bond donors (Lipinski definition) is 3. The number of pyridine rings is 1. The lowest BCUT2D eigenvalue weighted by molar-refractivity contribution is 0.399. The molecule has 0 unspecified atom stereocenters. The molecule has 0 saturated carbocycles. The Morgan fingerprint density at radius 3 is 2.41 bits per heavy atom. The molecular formula is C22H26ClN7O3S. The third kappa shape index (κ3) is 5.97. The summed E-state index contributed by atoms with van der Waals surface area (Å²) in [5.41, 5.74) is 1.47. The van der Waals surface area contributed by atoms with E-state index in [0.29, 0.717) is 28.8 Å². The van der Waals surface area contributed by atoms with Crippen molar-refractivity contribution in [1.82, 2.24) is 15.0 Å². The van der Waals surface area contributed by atoms with Gasteiger partial charge in [0.15, 0.2) is 5.82 Å². The van der Waals surface area contributed by atoms with Crippen molar-refractivity contribution in [3.63, 3.8) is 0 Å². The summed E-state index contributed by atoms with van der Waals surface area (Å²) < 4.78 is 31.4. The van der Waals surface area contributed by atoms with Crippen LogP contribution in [0.5, 0.6) is 5.88 Å². The van der Waals surface area contributed by atoms with E-state index in [2.05, 4.69) is 35.2 Å². The largest absolute Gasteiger partial charge is 0.479 e. The lowest BCUT2D eigenvalue weighted by Crippen LogP contribution is -2.30. The van der Waals surface area contributed by atoms with Crippen LogP contribution in [0.2, 0.25) is 5.02 Å². The molecule has 4 rings (SSSR count). The van der Waals surface area contributed by atoms with Crippen LogP contribution >= 0.6 is 11.6 Å². The maximum atomic E-state index is 11.7. The quantitative estimate of drug-likeness (QED) is 0.411. The third-order valence-corrected chi connectivity index (χ3v) is 6.05. The minimum absolute atomic E-state index is 0.269. The minimum Gasteiger partial charge on any atom is -0.479 e. The number of hydrogen-bond acceptors (Lipinski definition) is 9. The number of anilines is 6. The molecule has 1 aromatic carbocycles. The van der Waals surface area contributed by atoms with Crippen molar-refractivity contribution in [3.05, 3.63) is 47.6 Å². The van der Waals surface area contributed by atoms with E-state index in [9.17, 15) is 8.42 Å². The number of ether oxygens (including phenoxy) is 1. The van der Waals surface area contributed by atoms with Crippen molar-refractivity contribution in [1.29, 1.82) is 0 Å². The fourth-order valence-electron chi connectivity index (χ4n) is 3.62. The van der Waals surface area contributed by atoms with Crippen molar-refractivity contribution < 1.29 is 13.2 Å². The fraction of sp³-hybridized carbons (Fsp3) is 0.318. The highest BCUT2D eigenvalue weighted by atomic mass is 35.5. The summed E-state index contributed by atoms with van der Waals surface area (Å²) in [5.74, 6) is 1.88. The highest BCUT2D eigenvalue weighted by molar-refractivity contribution is 7.92. The molecule has 3 heterocycles. The van der Waals surface area contributed by atoms with E-state index >= 15 is 0 Å². The van der Waals surface area contributed by atoms with E-state index in [-0.39, 0.29) is 11.0 Å². The zero-order valence-electron chi connectivity index (χ0n) is 18.9. The Balaban J connectivity index is 1.56. The van der Waals surface area contributed by atoms with Crippen LogP contribution in [0.15, 0.2) is 42.6 Å². The molecule has 2 aromatic heterocycles. The van der Waals surface area contributed by atoms with Gasteiger partial charge in [-0.25, -0.2) is 13.4 Å². The van der Waals surface area contributed by atoms with E-state index in [1.54, 1.807) is 31.4 Å². The van der Waals surface area contributed by atoms with Gasteiger partial charge in [0.25, 0.3) is 0 Å². The zero-order chi connectivity index (χ0) is 24.1. The molecule has 180 valence electrons. The number of aromatic nitrogens is 3. The van der Waals surface area contributed by atoms with E-state index in [1.165, 1.54) is 12.6 Å². The summed E-state index contributed by atoms with van der Waals surface area (Å²) in [6.45, 7) is 1.96. The highest BCUT2D eigenvalue weighted by Crippen LogP contribution is 2.32. The molecule has 0 spiro atoms. The van der Waals surface area contributed by atoms with Gasteiger partial charge in [0.2, 0.25) is 21.9 Å². The summed E-state index contributed by atoms with van der Waals surface area (Å²) >= 11 is 6.30. The number of nitrogens with one attached hydrogen (secondary N) is 3. The molecule has 3 N–H and O–H groups in total. The summed E-state index contributed by atoms with van der Waals surface area (Å²) in [4.78, 5) is 15.6. The first-order valence-electron chi connectivity index (χ1n) is 10.8. The predicted molar refractivity (Wildman–Crippen MR) is 135 cm³/mol. The second kappa shape index (κ2) is 10.3. The highest BCUT2D eigenvalue weighted by Gasteiger charge is 2.16. The van der Waals surface area contributed by atoms with Gasteiger partial charge in [-0.1, -0.05) is 23.7 Å². The molecule has 0 amide bonds. The molecule has 3 aromatic rings. The van der Waals surface area contributed by atoms with Crippen molar-refractivity contribution in [2.45, 2.75) is 19.3 Å². The number of methoxy groups -OCH3 is 1. The molecule has 1 aliphatic heterocycles. The Bertz CT molecular complexity index is 1270. The lowest BCUT2D eigenvalue weighted by Gasteiger charge is -2.28. The Labute approximate surface area is 203 Å². The van der Waals surface area contributed by atoms with E-state index in [1.807, 2.05) is 12.1 Å². The van der Waals surface area contributed by atoms with Crippen LogP contribution in [0.25, 0.3) is 0 Å². The number of benzene rings is 1. The molecule has 12 heteroatoms. The number of piperidine rings is 1. The maximum absolute atomic E-state index is 11.7. The van der Waals surface area contributed by atoms with Gasteiger partial charge in [-0.2, -0.15) is 9.97 Å². The van der Waals surface area contributed by atoms with Crippen molar-refractivity contribution in [2.75, 3.05) is 46.7 Å². The monoisotopic (exact) mass is 503 g/mol. The molecule has 0 bridgehead atoms. The Kier molecular flexibility index (Phi) is 7.23. The number of para-hydroxylation sites is 2. The summed E-state index contributed by atoms with van der Waals surface area (Å²) in [5, 5.41) is 6.46. The van der Waals surface area contributed by atoms with Gasteiger partial charge in [0.1, 0.15) is 16.5 Å². The smallest absolute Gasteiger partial charge is 0.239 e. The first-order valence-corrected chi connectivity index (χ1v) is 13.0. The number of halogens is 1. The standard InChI is InChI=1S/C22H26ClN7O3S/c1-33-21-18(10-11-19(27-21)30-12-6-3-7-13-30)26-22-24-14-15(23)20(28-22)25-16-8-4-5-9-17(16)29-34(2,31)32/h4-5,8-11,14,29H,3,6-7,12-13H2,1-2H3,(H2,24,25,26,28). The first-order chi connectivity index (χ1) is 16.3. The molecule has 1 aliphatic rings. The number of nitrogens with zero attached hydrogens (tertiary/aromatic N) is 4. The molecule has 0 radical (unpaired) electrons. The van der Waals surface area contributed by atoms with Crippen LogP contribution in [-0.2, 0) is 10.0 Å². The zero-order valence-corrected chi connectivity index (χ0v) is 20.4. The van der Waals surface area contributed by atoms with Crippen LogP contribution in [0.3, 0.4) is 0 Å². The van der Waals surface area contributed by atoms with Gasteiger partial charge >= 0.3 is 0 Å². The van der Waals surface area contributed by atoms with Gasteiger partial charge in [-0.3, -0.25) is 4.72 Å². The topological polar surface area (TPSA) is 121 Å². The molecule has 0 aliphatic carbocycles. The van der Waals surface area contributed by atoms with Crippen molar-refractivity contribution in [3.8, 4) is 5.88 Å². The van der Waals surface area contributed by atoms with Gasteiger partial charge in [0, 0.05) is 13.1 Å². The van der Waals surface area contributed by atoms with Gasteiger partial charge in [0.05, 0.1) is 30.9 Å². The lowest BCUT2D eigenvalue weighted by atomic mass is 10.1. The molecular weight excluding hydrogens is 478 g/mol. The van der Waals surface area contributed by atoms with Gasteiger partial charge < -0.3 is 20.3 Å². The number of sulfonamides is 1. The second-order valence-electron chi connectivity index (χ2n) is 7.83. The van der Waals surface area contributed by atoms with Gasteiger partial charge in [-0.05, 0) is 43.5 Å². The number of rotatable bonds is 8. The van der Waals surface area contributed by atoms with Crippen molar-refractivity contribution in [2.24, 2.45) is 0 Å². The second-order valence-corrected chi connectivity index (χ2v) is 9.99. The van der Waals surface area contributed by atoms with Crippen molar-refractivity contribution >= 4 is 56.3 Å². The Morgan fingerprint density at radius 1 is 0.971 bits per heavy atom. The molecule has 0 atom stereocenters. The molecule has 1 fully saturated rings. The minimum atomic E-state index is -3.46. The Morgan fingerprint density at radius 2 is 1.71 bits per heavy atom. The van der Waals surface area contributed by atoms with Gasteiger partial charge in [-0.15, -0.1) is 0 Å². The first kappa shape index (κ1) is 23.8. The average Bonchev–Trinajstić information content (AvgIpc) is 2.82. The summed E-state index contributed by atoms with van der Waals surface area (Å²) in [7, 11) is -1.90. The fourth-order valence-corrected chi connectivity index (χ4v) is 4.34. The van der Waals surface area contributed by atoms with E-state index in [4.69, 9.17) is 16.3 Å². The summed E-state index contributed by atoms with van der Waals surface area (Å²) in [6, 6.07) is 10.7. The van der Waals surface area contributed by atoms with E-state index < -0.39 is 10.0 Å². The van der Waals surface area contributed by atoms with Crippen LogP contribution in [-0.4, -0.2) is 49.8 Å².